The largest absolute Gasteiger partial charge is 0.480 e. The van der Waals surface area contributed by atoms with Crippen LogP contribution in [0.25, 0.3) is 10.9 Å². The second-order valence-electron chi connectivity index (χ2n) is 27.5. The fraction of sp³-hybridized carbons (Fsp3) is 0.594. The predicted octanol–water partition coefficient (Wildman–Crippen LogP) is -5.03. The fourth-order valence-electron chi connectivity index (χ4n) is 11.3. The first kappa shape index (κ1) is 86.7. The van der Waals surface area contributed by atoms with Crippen LogP contribution in [0.4, 0.5) is 0 Å². The molecule has 3 aromatic rings. The van der Waals surface area contributed by atoms with E-state index in [1.807, 2.05) is 0 Å². The molecule has 1 aromatic heterocycles. The predicted molar refractivity (Wildman–Crippen MR) is 376 cm³/mol. The van der Waals surface area contributed by atoms with E-state index in [1.165, 1.54) is 27.7 Å². The van der Waals surface area contributed by atoms with Gasteiger partial charge in [-0.25, -0.2) is 4.79 Å². The van der Waals surface area contributed by atoms with E-state index in [0.29, 0.717) is 22.9 Å². The van der Waals surface area contributed by atoms with Gasteiger partial charge in [-0.05, 0) is 93.7 Å². The van der Waals surface area contributed by atoms with Crippen molar-refractivity contribution in [1.29, 1.82) is 0 Å². The first-order valence-corrected chi connectivity index (χ1v) is 34.6. The van der Waals surface area contributed by atoms with Crippen LogP contribution in [0.15, 0.2) is 60.8 Å². The number of rotatable bonds is 41. The third kappa shape index (κ3) is 26.5. The molecular formula is C69H105N15O20. The van der Waals surface area contributed by atoms with Crippen molar-refractivity contribution >= 4 is 93.7 Å². The van der Waals surface area contributed by atoms with Gasteiger partial charge in [0.2, 0.25) is 76.8 Å². The quantitative estimate of drug-likeness (QED) is 0.0253. The molecule has 1 aliphatic rings. The van der Waals surface area contributed by atoms with Gasteiger partial charge in [-0.15, -0.1) is 0 Å². The highest BCUT2D eigenvalue weighted by molar-refractivity contribution is 6.00. The number of para-hydroxylation sites is 1. The van der Waals surface area contributed by atoms with Gasteiger partial charge in [0.05, 0.1) is 50.7 Å². The molecular weight excluding hydrogens is 1360 g/mol. The number of nitrogens with two attached hydrogens (primary N) is 1. The lowest BCUT2D eigenvalue weighted by Gasteiger charge is -2.30. The number of carboxylic acid groups (broad SMARTS) is 1. The Morgan fingerprint density at radius 3 is 1.45 bits per heavy atom. The summed E-state index contributed by atoms with van der Waals surface area (Å²) in [6, 6.07) is -2.18. The van der Waals surface area contributed by atoms with Gasteiger partial charge in [0.15, 0.2) is 0 Å². The van der Waals surface area contributed by atoms with Crippen molar-refractivity contribution < 1.29 is 97.8 Å². The number of aromatic nitrogens is 1. The van der Waals surface area contributed by atoms with Crippen LogP contribution in [0, 0.1) is 23.7 Å². The molecule has 35 heteroatoms. The van der Waals surface area contributed by atoms with Gasteiger partial charge in [-0.2, -0.15) is 0 Å². The first-order chi connectivity index (χ1) is 48.9. The van der Waals surface area contributed by atoms with Gasteiger partial charge in [0, 0.05) is 30.1 Å². The zero-order chi connectivity index (χ0) is 78.0. The molecule has 13 amide bonds. The number of aliphatic hydroxyl groups excluding tert-OH is 5. The third-order valence-electron chi connectivity index (χ3n) is 17.1. The second kappa shape index (κ2) is 41.6. The Morgan fingerprint density at radius 1 is 0.481 bits per heavy atom. The smallest absolute Gasteiger partial charge is 0.326 e. The van der Waals surface area contributed by atoms with E-state index in [2.05, 4.69) is 68.8 Å². The summed E-state index contributed by atoms with van der Waals surface area (Å²) in [5.74, 6) is -15.7. The number of carbonyl (C=O) groups is 14. The number of likely N-dealkylation sites (tertiary alicyclic amines) is 1. The van der Waals surface area contributed by atoms with Crippen molar-refractivity contribution in [3.05, 3.63) is 71.9 Å². The van der Waals surface area contributed by atoms with Gasteiger partial charge < -0.3 is 110 Å². The molecule has 1 saturated heterocycles. The standard InChI is InChI=1S/C69H105N15O20/c1-33(2)24-45(60(94)80-54(36(7)8)65(99)83-57(39(11)89)68(102)81-53(35(5)6)64(98)78-48(31-85)61(95)76-47(69(103)104)25-34(3)4)74-66(100)55(37(9)87)79-51(90)29-72-63(97)50-22-17-23-84(50)52(91)30-73-59(93)46(27-41-28-71-44-21-16-15-20-42(41)44)75-67(101)56(38(10)88)82-62(96)49(32-86)77-58(92)43(70)26-40-18-13-12-14-19-40/h12-16,18-21,28,33-39,43,45-50,53-57,71,85-89H,17,22-27,29-32,70H2,1-11H3,(H,72,97)(H,73,93)(H,74,100)(H,75,101)(H,76,95)(H,77,92)(H,78,98)(H,79,90)(H,80,94)(H,81,102)(H,82,96)(H,83,99)(H,103,104)/t37-,38-,39-,43+,45+,46+,47+,48+,49+,50+,53+,54+,55+,56+,57+/m1/s1. The number of nitrogens with one attached hydrogen (secondary N) is 13. The summed E-state index contributed by atoms with van der Waals surface area (Å²) in [5.41, 5.74) is 8.03. The van der Waals surface area contributed by atoms with Crippen molar-refractivity contribution in [3.8, 4) is 0 Å². The van der Waals surface area contributed by atoms with E-state index < -0.39 is 212 Å². The molecule has 104 heavy (non-hydrogen) atoms. The van der Waals surface area contributed by atoms with Crippen molar-refractivity contribution in [2.45, 2.75) is 206 Å². The summed E-state index contributed by atoms with van der Waals surface area (Å²) in [4.78, 5) is 194. The number of H-pyrrole nitrogens is 1. The van der Waals surface area contributed by atoms with Crippen LogP contribution < -0.4 is 69.5 Å². The number of nitrogens with zero attached hydrogens (tertiary/aromatic N) is 1. The van der Waals surface area contributed by atoms with E-state index in [9.17, 15) is 97.8 Å². The lowest BCUT2D eigenvalue weighted by Crippen LogP contribution is -2.63. The normalized spacial score (nSPS) is 17.0. The Labute approximate surface area is 602 Å². The molecule has 1 aliphatic heterocycles. The number of aromatic amines is 1. The van der Waals surface area contributed by atoms with Crippen LogP contribution in [0.5, 0.6) is 0 Å². The zero-order valence-corrected chi connectivity index (χ0v) is 60.4. The van der Waals surface area contributed by atoms with Crippen LogP contribution in [-0.2, 0) is 80.0 Å². The third-order valence-corrected chi connectivity index (χ3v) is 17.1. The number of benzene rings is 2. The molecule has 0 spiro atoms. The Kier molecular flexibility index (Phi) is 34.7. The van der Waals surface area contributed by atoms with Gasteiger partial charge in [-0.1, -0.05) is 104 Å². The highest BCUT2D eigenvalue weighted by Gasteiger charge is 2.40. The minimum Gasteiger partial charge on any atom is -0.480 e. The summed E-state index contributed by atoms with van der Waals surface area (Å²) in [5, 5.41) is 91.7. The fourth-order valence-corrected chi connectivity index (χ4v) is 11.3. The highest BCUT2D eigenvalue weighted by Crippen LogP contribution is 2.21. The maximum atomic E-state index is 14.2. The number of fused-ring (bicyclic) bond motifs is 1. The minimum atomic E-state index is -1.77. The van der Waals surface area contributed by atoms with Gasteiger partial charge in [-0.3, -0.25) is 62.3 Å². The number of aliphatic carboxylic acids is 1. The van der Waals surface area contributed by atoms with Crippen LogP contribution in [0.3, 0.4) is 0 Å². The van der Waals surface area contributed by atoms with Crippen LogP contribution in [0.2, 0.25) is 0 Å². The van der Waals surface area contributed by atoms with E-state index in [4.69, 9.17) is 5.73 Å². The zero-order valence-electron chi connectivity index (χ0n) is 60.4. The molecule has 21 N–H and O–H groups in total. The van der Waals surface area contributed by atoms with Crippen LogP contribution >= 0.6 is 0 Å². The Bertz CT molecular complexity index is 3460. The molecule has 0 radical (unpaired) electrons. The van der Waals surface area contributed by atoms with E-state index in [-0.39, 0.29) is 50.5 Å². The summed E-state index contributed by atoms with van der Waals surface area (Å²) in [7, 11) is 0. The number of amides is 13. The van der Waals surface area contributed by atoms with E-state index in [1.54, 1.807) is 102 Å². The van der Waals surface area contributed by atoms with Gasteiger partial charge in [0.1, 0.15) is 66.5 Å². The number of carbonyl (C=O) groups excluding carboxylic acids is 13. The summed E-state index contributed by atoms with van der Waals surface area (Å²) >= 11 is 0. The lowest BCUT2D eigenvalue weighted by molar-refractivity contribution is -0.143. The van der Waals surface area contributed by atoms with Crippen LogP contribution in [-0.4, -0.2) is 247 Å². The maximum absolute atomic E-state index is 14.2. The molecule has 0 bridgehead atoms. The highest BCUT2D eigenvalue weighted by atomic mass is 16.4. The first-order valence-electron chi connectivity index (χ1n) is 34.6. The van der Waals surface area contributed by atoms with Crippen molar-refractivity contribution in [1.82, 2.24) is 73.7 Å². The van der Waals surface area contributed by atoms with Crippen LogP contribution in [0.1, 0.15) is 113 Å². The number of hydrogen-bond donors (Lipinski definition) is 20. The minimum absolute atomic E-state index is 0.0366. The van der Waals surface area contributed by atoms with Gasteiger partial charge in [0.25, 0.3) is 0 Å². The monoisotopic (exact) mass is 1460 g/mol. The van der Waals surface area contributed by atoms with Crippen molar-refractivity contribution in [2.24, 2.45) is 29.4 Å². The molecule has 0 saturated carbocycles. The molecule has 576 valence electrons. The molecule has 2 aromatic carbocycles. The molecule has 0 unspecified atom stereocenters. The number of carboxylic acids is 1. The van der Waals surface area contributed by atoms with E-state index in [0.717, 1.165) is 17.4 Å². The van der Waals surface area contributed by atoms with Crippen molar-refractivity contribution in [2.75, 3.05) is 32.8 Å². The molecule has 1 fully saturated rings. The summed E-state index contributed by atoms with van der Waals surface area (Å²) in [6.45, 7) is 13.2. The Balaban J connectivity index is 1.39. The maximum Gasteiger partial charge on any atom is 0.326 e. The average molecular weight is 1460 g/mol. The lowest BCUT2D eigenvalue weighted by atomic mass is 9.98. The SMILES string of the molecule is CC(C)C[C@H](NC(=O)[C@H](CO)NC(=O)[C@@H](NC(=O)[C@@H](NC(=O)[C@@H](NC(=O)[C@H](CC(C)C)NC(=O)[C@@H](NC(=O)CNC(=O)[C@@H]1CCCN1C(=O)CNC(=O)[C@H](Cc1c[nH]c2ccccc12)NC(=O)[C@@H](NC(=O)[C@H](CO)NC(=O)[C@@H](N)Cc1ccccc1)[C@@H](C)O)[C@@H](C)O)C(C)C)[C@@H](C)O)C(C)C)C(=O)O. The molecule has 4 rings (SSSR count). The Morgan fingerprint density at radius 2 is 0.913 bits per heavy atom. The molecule has 2 heterocycles. The Hall–Kier alpha value is -9.68. The summed E-state index contributed by atoms with van der Waals surface area (Å²) < 4.78 is 0. The summed E-state index contributed by atoms with van der Waals surface area (Å²) in [6.07, 6.45) is -2.94. The second-order valence-corrected chi connectivity index (χ2v) is 27.5. The number of hydrogen-bond acceptors (Lipinski definition) is 20. The molecule has 0 aliphatic carbocycles. The average Bonchev–Trinajstić information content (AvgIpc) is 1.61. The van der Waals surface area contributed by atoms with Crippen molar-refractivity contribution in [3.63, 3.8) is 0 Å². The van der Waals surface area contributed by atoms with Gasteiger partial charge >= 0.3 is 5.97 Å². The molecule has 35 nitrogen and oxygen atoms in total. The topological polar surface area (TPSA) is 550 Å². The molecule has 15 atom stereocenters. The number of aliphatic hydroxyl groups is 5. The van der Waals surface area contributed by atoms with E-state index >= 15 is 0 Å².